The molecule has 0 aromatic carbocycles. The van der Waals surface area contributed by atoms with Crippen molar-refractivity contribution in [2.45, 2.75) is 33.0 Å². The summed E-state index contributed by atoms with van der Waals surface area (Å²) in [7, 11) is 0. The zero-order valence-electron chi connectivity index (χ0n) is 7.07. The van der Waals surface area contributed by atoms with Crippen LogP contribution in [-0.4, -0.2) is 23.3 Å². The second-order valence-corrected chi connectivity index (χ2v) is 3.28. The van der Waals surface area contributed by atoms with Gasteiger partial charge in [0, 0.05) is 5.92 Å². The fourth-order valence-corrected chi connectivity index (χ4v) is 1.27. The zero-order valence-corrected chi connectivity index (χ0v) is 7.07. The van der Waals surface area contributed by atoms with Gasteiger partial charge >= 0.3 is 5.97 Å². The van der Waals surface area contributed by atoms with Gasteiger partial charge in [-0.05, 0) is 13.8 Å². The third-order valence-corrected chi connectivity index (χ3v) is 2.47. The molecule has 0 spiro atoms. The lowest BCUT2D eigenvalue weighted by molar-refractivity contribution is -0.175. The highest BCUT2D eigenvalue weighted by Crippen LogP contribution is 2.25. The van der Waals surface area contributed by atoms with E-state index in [1.54, 1.807) is 13.8 Å². The minimum absolute atomic E-state index is 0.0442. The highest BCUT2D eigenvalue weighted by Gasteiger charge is 2.37. The zero-order chi connectivity index (χ0) is 8.59. The molecule has 3 heteroatoms. The van der Waals surface area contributed by atoms with Gasteiger partial charge in [-0.3, -0.25) is 4.79 Å². The number of aliphatic hydroxyl groups excluding tert-OH is 1. The molecule has 0 radical (unpaired) electrons. The number of rotatable bonds is 0. The summed E-state index contributed by atoms with van der Waals surface area (Å²) in [5.41, 5.74) is 0. The van der Waals surface area contributed by atoms with Gasteiger partial charge in [-0.15, -0.1) is 0 Å². The van der Waals surface area contributed by atoms with E-state index in [0.29, 0.717) is 0 Å². The maximum absolute atomic E-state index is 11.0. The number of cyclic esters (lactones) is 1. The first-order chi connectivity index (χ1) is 5.04. The van der Waals surface area contributed by atoms with E-state index in [1.807, 2.05) is 6.92 Å². The van der Waals surface area contributed by atoms with Crippen molar-refractivity contribution in [1.82, 2.24) is 0 Å². The molecule has 11 heavy (non-hydrogen) atoms. The third-order valence-electron chi connectivity index (χ3n) is 2.47. The summed E-state index contributed by atoms with van der Waals surface area (Å²) in [5, 5.41) is 9.49. The summed E-state index contributed by atoms with van der Waals surface area (Å²) in [6, 6.07) is 0. The molecule has 64 valence electrons. The Labute approximate surface area is 66.4 Å². The lowest BCUT2D eigenvalue weighted by atomic mass is 9.87. The molecular weight excluding hydrogens is 144 g/mol. The predicted molar refractivity (Wildman–Crippen MR) is 39.9 cm³/mol. The largest absolute Gasteiger partial charge is 0.462 e. The lowest BCUT2D eigenvalue weighted by Gasteiger charge is -2.34. The van der Waals surface area contributed by atoms with Crippen LogP contribution in [0.4, 0.5) is 0 Å². The van der Waals surface area contributed by atoms with Gasteiger partial charge in [-0.2, -0.15) is 0 Å². The summed E-state index contributed by atoms with van der Waals surface area (Å²) in [4.78, 5) is 11.0. The number of aliphatic hydroxyl groups is 1. The van der Waals surface area contributed by atoms with Crippen molar-refractivity contribution in [1.29, 1.82) is 0 Å². The van der Waals surface area contributed by atoms with E-state index in [1.165, 1.54) is 0 Å². The van der Waals surface area contributed by atoms with E-state index in [0.717, 1.165) is 0 Å². The Morgan fingerprint density at radius 3 is 2.45 bits per heavy atom. The summed E-state index contributed by atoms with van der Waals surface area (Å²) in [5.74, 6) is -0.619. The van der Waals surface area contributed by atoms with E-state index in [2.05, 4.69) is 0 Å². The predicted octanol–water partition coefficient (Wildman–Crippen LogP) is 0.565. The molecule has 1 N–H and O–H groups in total. The Morgan fingerprint density at radius 1 is 1.36 bits per heavy atom. The fraction of sp³-hybridized carbons (Fsp3) is 0.875. The van der Waals surface area contributed by atoms with Gasteiger partial charge in [0.25, 0.3) is 0 Å². The average Bonchev–Trinajstić information content (AvgIpc) is 1.97. The average molecular weight is 158 g/mol. The minimum atomic E-state index is -0.550. The summed E-state index contributed by atoms with van der Waals surface area (Å²) >= 11 is 0. The van der Waals surface area contributed by atoms with Crippen LogP contribution in [0.5, 0.6) is 0 Å². The molecule has 4 atom stereocenters. The van der Waals surface area contributed by atoms with Crippen molar-refractivity contribution in [2.75, 3.05) is 0 Å². The first kappa shape index (κ1) is 8.53. The lowest BCUT2D eigenvalue weighted by Crippen LogP contribution is -2.45. The van der Waals surface area contributed by atoms with Gasteiger partial charge in [-0.1, -0.05) is 6.92 Å². The van der Waals surface area contributed by atoms with E-state index in [4.69, 9.17) is 4.74 Å². The Kier molecular flexibility index (Phi) is 2.18. The molecule has 0 bridgehead atoms. The molecule has 1 rings (SSSR count). The van der Waals surface area contributed by atoms with Gasteiger partial charge in [0.05, 0.1) is 12.0 Å². The van der Waals surface area contributed by atoms with Crippen molar-refractivity contribution in [3.8, 4) is 0 Å². The van der Waals surface area contributed by atoms with Crippen LogP contribution in [0.3, 0.4) is 0 Å². The molecule has 1 aliphatic rings. The van der Waals surface area contributed by atoms with E-state index in [-0.39, 0.29) is 23.9 Å². The smallest absolute Gasteiger partial charge is 0.311 e. The highest BCUT2D eigenvalue weighted by atomic mass is 16.5. The van der Waals surface area contributed by atoms with Crippen LogP contribution in [0, 0.1) is 11.8 Å². The van der Waals surface area contributed by atoms with E-state index < -0.39 is 6.10 Å². The van der Waals surface area contributed by atoms with Crippen LogP contribution in [-0.2, 0) is 9.53 Å². The Bertz CT molecular complexity index is 167. The SMILES string of the molecule is CC1OC(=O)C(C)[C@@H](O)C1C. The van der Waals surface area contributed by atoms with Gasteiger partial charge < -0.3 is 9.84 Å². The van der Waals surface area contributed by atoms with Crippen molar-refractivity contribution >= 4 is 5.97 Å². The van der Waals surface area contributed by atoms with Gasteiger partial charge in [-0.25, -0.2) is 0 Å². The van der Waals surface area contributed by atoms with Crippen LogP contribution in [0.2, 0.25) is 0 Å². The number of ether oxygens (including phenoxy) is 1. The van der Waals surface area contributed by atoms with Gasteiger partial charge in [0.1, 0.15) is 6.10 Å². The second kappa shape index (κ2) is 2.81. The van der Waals surface area contributed by atoms with Crippen molar-refractivity contribution < 1.29 is 14.6 Å². The number of hydrogen-bond acceptors (Lipinski definition) is 3. The standard InChI is InChI=1S/C8H14O3/c1-4-6(3)11-8(10)5(2)7(4)9/h4-7,9H,1-3H3/t4?,5?,6?,7-/m0/s1. The summed E-state index contributed by atoms with van der Waals surface area (Å²) in [6.45, 7) is 5.38. The molecule has 0 aliphatic carbocycles. The topological polar surface area (TPSA) is 46.5 Å². The van der Waals surface area contributed by atoms with E-state index >= 15 is 0 Å². The summed E-state index contributed by atoms with van der Waals surface area (Å²) in [6.07, 6.45) is -0.708. The van der Waals surface area contributed by atoms with Crippen molar-refractivity contribution in [3.05, 3.63) is 0 Å². The molecule has 0 saturated carbocycles. The number of esters is 1. The third kappa shape index (κ3) is 1.38. The van der Waals surface area contributed by atoms with Crippen LogP contribution in [0.1, 0.15) is 20.8 Å². The Morgan fingerprint density at radius 2 is 1.91 bits per heavy atom. The molecule has 1 saturated heterocycles. The molecular formula is C8H14O3. The molecule has 0 aromatic rings. The minimum Gasteiger partial charge on any atom is -0.462 e. The first-order valence-corrected chi connectivity index (χ1v) is 3.92. The number of carbonyl (C=O) groups is 1. The molecule has 3 unspecified atom stereocenters. The van der Waals surface area contributed by atoms with Crippen molar-refractivity contribution in [2.24, 2.45) is 11.8 Å². The monoisotopic (exact) mass is 158 g/mol. The summed E-state index contributed by atoms with van der Waals surface area (Å²) < 4.78 is 4.98. The maximum Gasteiger partial charge on any atom is 0.311 e. The molecule has 0 amide bonds. The molecule has 0 aromatic heterocycles. The molecule has 1 fully saturated rings. The second-order valence-electron chi connectivity index (χ2n) is 3.28. The molecule has 1 heterocycles. The van der Waals surface area contributed by atoms with Gasteiger partial charge in [0.2, 0.25) is 0 Å². The van der Waals surface area contributed by atoms with Gasteiger partial charge in [0.15, 0.2) is 0 Å². The van der Waals surface area contributed by atoms with Crippen LogP contribution in [0.15, 0.2) is 0 Å². The van der Waals surface area contributed by atoms with E-state index in [9.17, 15) is 9.90 Å². The quantitative estimate of drug-likeness (QED) is 0.524. The molecule has 1 aliphatic heterocycles. The highest BCUT2D eigenvalue weighted by molar-refractivity contribution is 5.73. The van der Waals surface area contributed by atoms with Crippen LogP contribution < -0.4 is 0 Å². The van der Waals surface area contributed by atoms with Crippen LogP contribution >= 0.6 is 0 Å². The van der Waals surface area contributed by atoms with Crippen molar-refractivity contribution in [3.63, 3.8) is 0 Å². The molecule has 3 nitrogen and oxygen atoms in total. The fourth-order valence-electron chi connectivity index (χ4n) is 1.27. The normalized spacial score (nSPS) is 45.3. The number of carbonyl (C=O) groups excluding carboxylic acids is 1. The maximum atomic E-state index is 11.0. The number of hydrogen-bond donors (Lipinski definition) is 1. The first-order valence-electron chi connectivity index (χ1n) is 3.92. The van der Waals surface area contributed by atoms with Crippen LogP contribution in [0.25, 0.3) is 0 Å². The Balaban J connectivity index is 2.70. The Hall–Kier alpha value is -0.570.